The van der Waals surface area contributed by atoms with Crippen LogP contribution in [0.5, 0.6) is 0 Å². The third kappa shape index (κ3) is 6.77. The molecule has 3 heterocycles. The molecule has 2 saturated heterocycles. The number of carbonyl (C=O) groups excluding carboxylic acids is 1. The molecule has 0 saturated carbocycles. The van der Waals surface area contributed by atoms with Crippen LogP contribution in [-0.4, -0.2) is 60.1 Å². The number of nitrogens with zero attached hydrogens (tertiary/aromatic N) is 3. The minimum Gasteiger partial charge on any atom is -0.360 e. The lowest BCUT2D eigenvalue weighted by molar-refractivity contribution is -0.133. The quantitative estimate of drug-likeness (QED) is 0.832. The van der Waals surface area contributed by atoms with Crippen molar-refractivity contribution in [1.82, 2.24) is 20.3 Å². The van der Waals surface area contributed by atoms with Crippen LogP contribution in [0, 0.1) is 12.8 Å². The normalized spacial score (nSPS) is 19.2. The molecule has 3 rings (SSSR count). The Kier molecular flexibility index (Phi) is 9.79. The maximum absolute atomic E-state index is 12.4. The van der Waals surface area contributed by atoms with Gasteiger partial charge in [-0.1, -0.05) is 5.16 Å². The van der Waals surface area contributed by atoms with E-state index >= 15 is 0 Å². The SMILES string of the molecule is Cc1cc(CN2CCN(C(=O)CCC3CCNCC3)CC2)on1.Cl.Cl. The van der Waals surface area contributed by atoms with E-state index in [1.807, 2.05) is 17.9 Å². The summed E-state index contributed by atoms with van der Waals surface area (Å²) >= 11 is 0. The van der Waals surface area contributed by atoms with Gasteiger partial charge in [0, 0.05) is 38.7 Å². The minimum absolute atomic E-state index is 0. The van der Waals surface area contributed by atoms with Crippen LogP contribution in [0.25, 0.3) is 0 Å². The Morgan fingerprint density at radius 1 is 1.24 bits per heavy atom. The summed E-state index contributed by atoms with van der Waals surface area (Å²) in [5.74, 6) is 1.98. The highest BCUT2D eigenvalue weighted by molar-refractivity contribution is 5.85. The first kappa shape index (κ1) is 22.2. The summed E-state index contributed by atoms with van der Waals surface area (Å²) in [6.07, 6.45) is 4.21. The van der Waals surface area contributed by atoms with Crippen molar-refractivity contribution in [1.29, 1.82) is 0 Å². The average Bonchev–Trinajstić information content (AvgIpc) is 2.99. The third-order valence-electron chi connectivity index (χ3n) is 5.01. The first-order valence-electron chi connectivity index (χ1n) is 8.84. The lowest BCUT2D eigenvalue weighted by Crippen LogP contribution is -2.48. The number of piperidine rings is 1. The first-order valence-corrected chi connectivity index (χ1v) is 8.84. The largest absolute Gasteiger partial charge is 0.360 e. The van der Waals surface area contributed by atoms with E-state index in [2.05, 4.69) is 15.4 Å². The van der Waals surface area contributed by atoms with E-state index < -0.39 is 0 Å². The lowest BCUT2D eigenvalue weighted by Gasteiger charge is -2.34. The molecule has 2 fully saturated rings. The Bertz CT molecular complexity index is 513. The number of aromatic nitrogens is 1. The van der Waals surface area contributed by atoms with Gasteiger partial charge in [-0.3, -0.25) is 9.69 Å². The Morgan fingerprint density at radius 2 is 1.92 bits per heavy atom. The summed E-state index contributed by atoms with van der Waals surface area (Å²) in [6.45, 7) is 8.44. The van der Waals surface area contributed by atoms with Crippen LogP contribution < -0.4 is 5.32 Å². The maximum Gasteiger partial charge on any atom is 0.222 e. The van der Waals surface area contributed by atoms with Gasteiger partial charge >= 0.3 is 0 Å². The van der Waals surface area contributed by atoms with Crippen molar-refractivity contribution in [3.8, 4) is 0 Å². The number of amides is 1. The molecule has 25 heavy (non-hydrogen) atoms. The molecule has 2 aliphatic heterocycles. The van der Waals surface area contributed by atoms with Crippen molar-refractivity contribution in [3.05, 3.63) is 17.5 Å². The number of rotatable bonds is 5. The molecule has 0 spiro atoms. The Morgan fingerprint density at radius 3 is 2.52 bits per heavy atom. The first-order chi connectivity index (χ1) is 11.2. The molecule has 6 nitrogen and oxygen atoms in total. The Labute approximate surface area is 162 Å². The van der Waals surface area contributed by atoms with Gasteiger partial charge in [-0.15, -0.1) is 24.8 Å². The molecular weight excluding hydrogens is 363 g/mol. The molecule has 0 unspecified atom stereocenters. The van der Waals surface area contributed by atoms with Gasteiger partial charge in [-0.05, 0) is 45.2 Å². The molecule has 0 bridgehead atoms. The number of hydrogen-bond acceptors (Lipinski definition) is 5. The van der Waals surface area contributed by atoms with Crippen molar-refractivity contribution in [2.24, 2.45) is 5.92 Å². The molecule has 0 radical (unpaired) electrons. The molecule has 2 aliphatic rings. The molecule has 1 aromatic rings. The van der Waals surface area contributed by atoms with Gasteiger partial charge in [0.15, 0.2) is 5.76 Å². The molecule has 144 valence electrons. The van der Waals surface area contributed by atoms with Crippen molar-refractivity contribution in [2.45, 2.75) is 39.2 Å². The summed E-state index contributed by atoms with van der Waals surface area (Å²) in [5.41, 5.74) is 0.923. The number of hydrogen-bond donors (Lipinski definition) is 1. The van der Waals surface area contributed by atoms with Gasteiger partial charge in [0.1, 0.15) is 0 Å². The molecule has 0 aliphatic carbocycles. The standard InChI is InChI=1S/C17H28N4O2.2ClH/c1-14-12-16(23-19-14)13-20-8-10-21(11-9-20)17(22)3-2-15-4-6-18-7-5-15;;/h12,15,18H,2-11,13H2,1H3;2*1H. The van der Waals surface area contributed by atoms with E-state index in [1.165, 1.54) is 12.8 Å². The zero-order valence-corrected chi connectivity index (χ0v) is 16.5. The number of carbonyl (C=O) groups is 1. The number of piperazine rings is 1. The lowest BCUT2D eigenvalue weighted by atomic mass is 9.93. The highest BCUT2D eigenvalue weighted by atomic mass is 35.5. The topological polar surface area (TPSA) is 61.6 Å². The van der Waals surface area contributed by atoms with E-state index in [-0.39, 0.29) is 24.8 Å². The van der Waals surface area contributed by atoms with E-state index in [0.29, 0.717) is 12.3 Å². The predicted octanol–water partition coefficient (Wildman–Crippen LogP) is 2.25. The predicted molar refractivity (Wildman–Crippen MR) is 102 cm³/mol. The molecular formula is C17H30Cl2N4O2. The van der Waals surface area contributed by atoms with Crippen LogP contribution in [0.2, 0.25) is 0 Å². The number of nitrogens with one attached hydrogen (secondary N) is 1. The van der Waals surface area contributed by atoms with Crippen molar-refractivity contribution >= 4 is 30.7 Å². The Hall–Kier alpha value is -0.820. The van der Waals surface area contributed by atoms with Crippen molar-refractivity contribution < 1.29 is 9.32 Å². The minimum atomic E-state index is 0. The van der Waals surface area contributed by atoms with Crippen molar-refractivity contribution in [2.75, 3.05) is 39.3 Å². The molecule has 1 N–H and O–H groups in total. The maximum atomic E-state index is 12.4. The second-order valence-corrected chi connectivity index (χ2v) is 6.82. The van der Waals surface area contributed by atoms with E-state index in [1.54, 1.807) is 0 Å². The van der Waals surface area contributed by atoms with E-state index in [4.69, 9.17) is 4.52 Å². The van der Waals surface area contributed by atoms with Gasteiger partial charge in [-0.2, -0.15) is 0 Å². The van der Waals surface area contributed by atoms with Gasteiger partial charge in [0.2, 0.25) is 5.91 Å². The van der Waals surface area contributed by atoms with Gasteiger partial charge in [-0.25, -0.2) is 0 Å². The number of halogens is 2. The van der Waals surface area contributed by atoms with Crippen LogP contribution >= 0.6 is 24.8 Å². The van der Waals surface area contributed by atoms with Gasteiger partial charge < -0.3 is 14.7 Å². The summed E-state index contributed by atoms with van der Waals surface area (Å²) in [6, 6.07) is 1.98. The zero-order chi connectivity index (χ0) is 16.1. The second kappa shape index (κ2) is 11.0. The second-order valence-electron chi connectivity index (χ2n) is 6.82. The molecule has 0 atom stereocenters. The highest BCUT2D eigenvalue weighted by Crippen LogP contribution is 2.19. The fraction of sp³-hybridized carbons (Fsp3) is 0.765. The third-order valence-corrected chi connectivity index (χ3v) is 5.01. The number of aryl methyl sites for hydroxylation is 1. The molecule has 0 aromatic carbocycles. The highest BCUT2D eigenvalue weighted by Gasteiger charge is 2.23. The van der Waals surface area contributed by atoms with Crippen molar-refractivity contribution in [3.63, 3.8) is 0 Å². The molecule has 8 heteroatoms. The van der Waals surface area contributed by atoms with Crippen LogP contribution in [0.1, 0.15) is 37.1 Å². The van der Waals surface area contributed by atoms with Gasteiger partial charge in [0.25, 0.3) is 0 Å². The summed E-state index contributed by atoms with van der Waals surface area (Å²) < 4.78 is 5.27. The fourth-order valence-corrected chi connectivity index (χ4v) is 3.52. The van der Waals surface area contributed by atoms with Crippen LogP contribution in [-0.2, 0) is 11.3 Å². The van der Waals surface area contributed by atoms with Crippen LogP contribution in [0.4, 0.5) is 0 Å². The Balaban J connectivity index is 0.00000156. The van der Waals surface area contributed by atoms with Gasteiger partial charge in [0.05, 0.1) is 12.2 Å². The zero-order valence-electron chi connectivity index (χ0n) is 14.9. The smallest absolute Gasteiger partial charge is 0.222 e. The summed E-state index contributed by atoms with van der Waals surface area (Å²) in [4.78, 5) is 16.7. The molecule has 1 amide bonds. The summed E-state index contributed by atoms with van der Waals surface area (Å²) in [5, 5.41) is 7.30. The summed E-state index contributed by atoms with van der Waals surface area (Å²) in [7, 11) is 0. The van der Waals surface area contributed by atoms with Crippen LogP contribution in [0.15, 0.2) is 10.6 Å². The van der Waals surface area contributed by atoms with E-state index in [9.17, 15) is 4.79 Å². The fourth-order valence-electron chi connectivity index (χ4n) is 3.52. The monoisotopic (exact) mass is 392 g/mol. The van der Waals surface area contributed by atoms with Crippen LogP contribution in [0.3, 0.4) is 0 Å². The van der Waals surface area contributed by atoms with E-state index in [0.717, 1.165) is 69.6 Å². The molecule has 1 aromatic heterocycles. The average molecular weight is 393 g/mol.